The highest BCUT2D eigenvalue weighted by atomic mass is 35.5. The number of primary amides is 1. The van der Waals surface area contributed by atoms with Crippen molar-refractivity contribution in [1.29, 1.82) is 0 Å². The first-order chi connectivity index (χ1) is 11.5. The lowest BCUT2D eigenvalue weighted by atomic mass is 10.1. The predicted octanol–water partition coefficient (Wildman–Crippen LogP) is 2.94. The van der Waals surface area contributed by atoms with Gasteiger partial charge in [0.05, 0.1) is 5.02 Å². The van der Waals surface area contributed by atoms with E-state index in [0.717, 1.165) is 0 Å². The van der Waals surface area contributed by atoms with E-state index in [-0.39, 0.29) is 12.3 Å². The van der Waals surface area contributed by atoms with Crippen LogP contribution in [0.4, 0.5) is 4.39 Å². The number of carbonyl (C=O) groups is 1. The van der Waals surface area contributed by atoms with Gasteiger partial charge in [-0.15, -0.1) is 0 Å². The molecule has 0 aliphatic rings. The topological polar surface area (TPSA) is 93.9 Å². The van der Waals surface area contributed by atoms with Crippen LogP contribution in [-0.4, -0.2) is 21.3 Å². The molecule has 0 spiro atoms. The molecular formula is C16H12ClFN4O2. The standard InChI is InChI=1S/C16H12ClFN4O2/c17-13-7-11(18)5-4-10(13)8-24-12-3-1-2-9(6-12)14-15(16(19)23)21-22-20-14/h1-7H,8H2,(H2,19,23)(H,20,21,22). The van der Waals surface area contributed by atoms with Crippen molar-refractivity contribution in [2.75, 3.05) is 0 Å². The molecule has 1 heterocycles. The van der Waals surface area contributed by atoms with E-state index in [4.69, 9.17) is 22.1 Å². The number of amides is 1. The van der Waals surface area contributed by atoms with Crippen LogP contribution in [0.1, 0.15) is 16.1 Å². The Morgan fingerprint density at radius 1 is 1.25 bits per heavy atom. The molecule has 0 aliphatic carbocycles. The van der Waals surface area contributed by atoms with Crippen molar-refractivity contribution in [3.05, 3.63) is 64.6 Å². The number of nitrogens with one attached hydrogen (secondary N) is 1. The van der Waals surface area contributed by atoms with Crippen LogP contribution in [0.2, 0.25) is 5.02 Å². The number of hydrogen-bond acceptors (Lipinski definition) is 4. The van der Waals surface area contributed by atoms with E-state index < -0.39 is 11.7 Å². The van der Waals surface area contributed by atoms with Gasteiger partial charge in [-0.1, -0.05) is 29.8 Å². The Kier molecular flexibility index (Phi) is 4.43. The zero-order valence-electron chi connectivity index (χ0n) is 12.3. The molecule has 0 radical (unpaired) electrons. The number of carbonyl (C=O) groups excluding carboxylic acids is 1. The number of benzene rings is 2. The van der Waals surface area contributed by atoms with E-state index in [1.807, 2.05) is 0 Å². The number of nitrogens with two attached hydrogens (primary N) is 1. The number of ether oxygens (including phenoxy) is 1. The van der Waals surface area contributed by atoms with Gasteiger partial charge in [0.1, 0.15) is 23.9 Å². The van der Waals surface area contributed by atoms with Crippen LogP contribution in [0, 0.1) is 5.82 Å². The molecule has 0 fully saturated rings. The van der Waals surface area contributed by atoms with Gasteiger partial charge in [-0.25, -0.2) is 4.39 Å². The van der Waals surface area contributed by atoms with Crippen molar-refractivity contribution in [2.45, 2.75) is 6.61 Å². The van der Waals surface area contributed by atoms with Crippen molar-refractivity contribution in [1.82, 2.24) is 15.4 Å². The summed E-state index contributed by atoms with van der Waals surface area (Å²) in [6.07, 6.45) is 0. The van der Waals surface area contributed by atoms with E-state index in [0.29, 0.717) is 27.6 Å². The molecule has 1 amide bonds. The number of aromatic amines is 1. The van der Waals surface area contributed by atoms with Gasteiger partial charge in [-0.2, -0.15) is 15.4 Å². The van der Waals surface area contributed by atoms with E-state index in [2.05, 4.69) is 15.4 Å². The van der Waals surface area contributed by atoms with E-state index in [9.17, 15) is 9.18 Å². The quantitative estimate of drug-likeness (QED) is 0.742. The molecule has 2 aromatic carbocycles. The largest absolute Gasteiger partial charge is 0.489 e. The lowest BCUT2D eigenvalue weighted by Gasteiger charge is -2.09. The SMILES string of the molecule is NC(=O)c1n[nH]nc1-c1cccc(OCc2ccc(F)cc2Cl)c1. The second kappa shape index (κ2) is 6.67. The molecule has 0 saturated carbocycles. The molecule has 0 saturated heterocycles. The first-order valence-corrected chi connectivity index (χ1v) is 7.30. The molecule has 8 heteroatoms. The van der Waals surface area contributed by atoms with Crippen molar-refractivity contribution in [3.63, 3.8) is 0 Å². The van der Waals surface area contributed by atoms with Crippen molar-refractivity contribution in [3.8, 4) is 17.0 Å². The van der Waals surface area contributed by atoms with Gasteiger partial charge in [0.2, 0.25) is 0 Å². The third kappa shape index (κ3) is 3.36. The summed E-state index contributed by atoms with van der Waals surface area (Å²) < 4.78 is 18.7. The number of nitrogens with zero attached hydrogens (tertiary/aromatic N) is 2. The minimum absolute atomic E-state index is 0.0497. The molecule has 0 aliphatic heterocycles. The van der Waals surface area contributed by atoms with Gasteiger partial charge in [0.25, 0.3) is 5.91 Å². The molecular weight excluding hydrogens is 335 g/mol. The van der Waals surface area contributed by atoms with Crippen molar-refractivity contribution >= 4 is 17.5 Å². The van der Waals surface area contributed by atoms with Crippen molar-refractivity contribution < 1.29 is 13.9 Å². The number of H-pyrrole nitrogens is 1. The number of rotatable bonds is 5. The van der Waals surface area contributed by atoms with Crippen LogP contribution in [0.3, 0.4) is 0 Å². The summed E-state index contributed by atoms with van der Waals surface area (Å²) >= 11 is 5.97. The van der Waals surface area contributed by atoms with Gasteiger partial charge in [-0.3, -0.25) is 4.79 Å². The summed E-state index contributed by atoms with van der Waals surface area (Å²) in [4.78, 5) is 11.3. The van der Waals surface area contributed by atoms with Gasteiger partial charge in [0, 0.05) is 11.1 Å². The normalized spacial score (nSPS) is 10.6. The highest BCUT2D eigenvalue weighted by molar-refractivity contribution is 6.31. The summed E-state index contributed by atoms with van der Waals surface area (Å²) in [5.74, 6) is -0.551. The Morgan fingerprint density at radius 3 is 2.83 bits per heavy atom. The molecule has 3 N–H and O–H groups in total. The lowest BCUT2D eigenvalue weighted by molar-refractivity contribution is 0.0996. The van der Waals surface area contributed by atoms with Gasteiger partial charge >= 0.3 is 0 Å². The predicted molar refractivity (Wildman–Crippen MR) is 86.1 cm³/mol. The number of halogens is 2. The second-order valence-corrected chi connectivity index (χ2v) is 5.34. The fourth-order valence-corrected chi connectivity index (χ4v) is 2.36. The fraction of sp³-hybridized carbons (Fsp3) is 0.0625. The summed E-state index contributed by atoms with van der Waals surface area (Å²) in [5, 5.41) is 10.3. The number of aromatic nitrogens is 3. The summed E-state index contributed by atoms with van der Waals surface area (Å²) in [5.41, 5.74) is 6.93. The summed E-state index contributed by atoms with van der Waals surface area (Å²) in [6.45, 7) is 0.171. The van der Waals surface area contributed by atoms with Gasteiger partial charge < -0.3 is 10.5 Å². The second-order valence-electron chi connectivity index (χ2n) is 4.94. The average Bonchev–Trinajstić information content (AvgIpc) is 3.04. The van der Waals surface area contributed by atoms with Crippen molar-refractivity contribution in [2.24, 2.45) is 5.73 Å². The van der Waals surface area contributed by atoms with E-state index in [1.54, 1.807) is 30.3 Å². The first kappa shape index (κ1) is 15.9. The fourth-order valence-electron chi connectivity index (χ4n) is 2.14. The Bertz CT molecular complexity index is 897. The Hall–Kier alpha value is -2.93. The van der Waals surface area contributed by atoms with Crippen LogP contribution >= 0.6 is 11.6 Å². The minimum Gasteiger partial charge on any atom is -0.489 e. The molecule has 0 unspecified atom stereocenters. The van der Waals surface area contributed by atoms with Crippen LogP contribution in [0.15, 0.2) is 42.5 Å². The molecule has 1 aromatic heterocycles. The Morgan fingerprint density at radius 2 is 2.08 bits per heavy atom. The van der Waals surface area contributed by atoms with E-state index in [1.165, 1.54) is 12.1 Å². The molecule has 3 rings (SSSR count). The molecule has 24 heavy (non-hydrogen) atoms. The van der Waals surface area contributed by atoms with E-state index >= 15 is 0 Å². The molecule has 0 atom stereocenters. The van der Waals surface area contributed by atoms with Crippen LogP contribution in [0.25, 0.3) is 11.3 Å². The number of hydrogen-bond donors (Lipinski definition) is 2. The van der Waals surface area contributed by atoms with Crippen LogP contribution < -0.4 is 10.5 Å². The first-order valence-electron chi connectivity index (χ1n) is 6.92. The maximum Gasteiger partial charge on any atom is 0.271 e. The lowest BCUT2D eigenvalue weighted by Crippen LogP contribution is -2.12. The molecule has 6 nitrogen and oxygen atoms in total. The Balaban J connectivity index is 1.81. The monoisotopic (exact) mass is 346 g/mol. The minimum atomic E-state index is -0.678. The summed E-state index contributed by atoms with van der Waals surface area (Å²) in [7, 11) is 0. The van der Waals surface area contributed by atoms with Gasteiger partial charge in [0.15, 0.2) is 5.69 Å². The highest BCUT2D eigenvalue weighted by Gasteiger charge is 2.15. The summed E-state index contributed by atoms with van der Waals surface area (Å²) in [6, 6.07) is 11.0. The van der Waals surface area contributed by atoms with Crippen LogP contribution in [0.5, 0.6) is 5.75 Å². The third-order valence-electron chi connectivity index (χ3n) is 3.30. The van der Waals surface area contributed by atoms with Gasteiger partial charge in [-0.05, 0) is 24.3 Å². The average molecular weight is 347 g/mol. The van der Waals surface area contributed by atoms with Crippen LogP contribution in [-0.2, 0) is 6.61 Å². The maximum atomic E-state index is 13.0. The molecule has 3 aromatic rings. The molecule has 122 valence electrons. The maximum absolute atomic E-state index is 13.0. The third-order valence-corrected chi connectivity index (χ3v) is 3.65. The zero-order chi connectivity index (χ0) is 17.1. The smallest absolute Gasteiger partial charge is 0.271 e. The Labute approximate surface area is 141 Å². The molecule has 0 bridgehead atoms. The highest BCUT2D eigenvalue weighted by Crippen LogP contribution is 2.25. The zero-order valence-corrected chi connectivity index (χ0v) is 13.0.